The van der Waals surface area contributed by atoms with Crippen LogP contribution in [-0.2, 0) is 0 Å². The number of benzene rings is 3. The predicted octanol–water partition coefficient (Wildman–Crippen LogP) is 3.82. The van der Waals surface area contributed by atoms with Gasteiger partial charge in [-0.25, -0.2) is 0 Å². The fourth-order valence-electron chi connectivity index (χ4n) is 2.58. The van der Waals surface area contributed by atoms with Crippen molar-refractivity contribution in [3.05, 3.63) is 96.6 Å². The Kier molecular flexibility index (Phi) is 5.00. The number of hydrogen-bond acceptors (Lipinski definition) is 1. The maximum Gasteiger partial charge on any atom is 0.0340 e. The lowest BCUT2D eigenvalue weighted by Gasteiger charge is -2.23. The van der Waals surface area contributed by atoms with E-state index in [4.69, 9.17) is 5.73 Å². The molecule has 0 unspecified atom stereocenters. The van der Waals surface area contributed by atoms with Crippen LogP contribution in [0, 0.1) is 0 Å². The van der Waals surface area contributed by atoms with E-state index in [-0.39, 0.29) is 6.04 Å². The molecule has 3 aromatic rings. The van der Waals surface area contributed by atoms with Crippen molar-refractivity contribution < 1.29 is 0 Å². The minimum absolute atomic E-state index is 0.0627. The molecule has 3 aromatic carbocycles. The van der Waals surface area contributed by atoms with Crippen molar-refractivity contribution in [2.75, 3.05) is 6.16 Å². The molecule has 0 saturated heterocycles. The molecule has 0 aliphatic carbocycles. The van der Waals surface area contributed by atoms with Crippen molar-refractivity contribution in [1.82, 2.24) is 0 Å². The third kappa shape index (κ3) is 3.62. The highest BCUT2D eigenvalue weighted by atomic mass is 31.1. The Morgan fingerprint density at radius 1 is 0.636 bits per heavy atom. The molecule has 0 saturated carbocycles. The van der Waals surface area contributed by atoms with Crippen molar-refractivity contribution in [3.8, 4) is 0 Å². The molecule has 0 radical (unpaired) electrons. The smallest absolute Gasteiger partial charge is 0.0340 e. The SMILES string of the molecule is N[C@@H](CP(c1ccccc1)c1ccccc1)c1ccccc1. The highest BCUT2D eigenvalue weighted by Crippen LogP contribution is 2.37. The van der Waals surface area contributed by atoms with Gasteiger partial charge in [0.15, 0.2) is 0 Å². The first-order valence-electron chi connectivity index (χ1n) is 7.53. The van der Waals surface area contributed by atoms with Gasteiger partial charge in [-0.3, -0.25) is 0 Å². The zero-order chi connectivity index (χ0) is 15.2. The summed E-state index contributed by atoms with van der Waals surface area (Å²) in [7, 11) is -0.439. The third-order valence-corrected chi connectivity index (χ3v) is 6.34. The van der Waals surface area contributed by atoms with Crippen LogP contribution < -0.4 is 16.3 Å². The van der Waals surface area contributed by atoms with Gasteiger partial charge in [-0.2, -0.15) is 0 Å². The molecule has 22 heavy (non-hydrogen) atoms. The first kappa shape index (κ1) is 15.0. The van der Waals surface area contributed by atoms with Gasteiger partial charge in [-0.05, 0) is 30.3 Å². The van der Waals surface area contributed by atoms with Crippen LogP contribution in [0.3, 0.4) is 0 Å². The zero-order valence-electron chi connectivity index (χ0n) is 12.5. The lowest BCUT2D eigenvalue weighted by atomic mass is 10.1. The van der Waals surface area contributed by atoms with E-state index in [0.717, 1.165) is 6.16 Å². The minimum Gasteiger partial charge on any atom is -0.324 e. The molecule has 2 heteroatoms. The van der Waals surface area contributed by atoms with Crippen LogP contribution in [0.2, 0.25) is 0 Å². The minimum atomic E-state index is -0.439. The summed E-state index contributed by atoms with van der Waals surface area (Å²) in [5.41, 5.74) is 7.70. The van der Waals surface area contributed by atoms with E-state index in [1.54, 1.807) is 0 Å². The number of nitrogens with two attached hydrogens (primary N) is 1. The van der Waals surface area contributed by atoms with Crippen LogP contribution in [0.25, 0.3) is 0 Å². The Labute approximate surface area is 133 Å². The second-order valence-electron chi connectivity index (χ2n) is 5.30. The molecular formula is C20H20NP. The summed E-state index contributed by atoms with van der Waals surface area (Å²) in [6.07, 6.45) is 0.966. The normalized spacial score (nSPS) is 12.3. The van der Waals surface area contributed by atoms with E-state index in [9.17, 15) is 0 Å². The van der Waals surface area contributed by atoms with Crippen molar-refractivity contribution >= 4 is 18.5 Å². The lowest BCUT2D eigenvalue weighted by molar-refractivity contribution is 0.828. The molecule has 0 aliphatic heterocycles. The average Bonchev–Trinajstić information content (AvgIpc) is 2.62. The molecule has 0 spiro atoms. The second-order valence-corrected chi connectivity index (χ2v) is 7.55. The van der Waals surface area contributed by atoms with Gasteiger partial charge in [0.05, 0.1) is 0 Å². The van der Waals surface area contributed by atoms with Gasteiger partial charge >= 0.3 is 0 Å². The van der Waals surface area contributed by atoms with Crippen LogP contribution in [0.5, 0.6) is 0 Å². The molecular weight excluding hydrogens is 285 g/mol. The van der Waals surface area contributed by atoms with Crippen LogP contribution in [0.4, 0.5) is 0 Å². The Morgan fingerprint density at radius 2 is 1.05 bits per heavy atom. The van der Waals surface area contributed by atoms with Crippen LogP contribution in [0.15, 0.2) is 91.0 Å². The van der Waals surface area contributed by atoms with Crippen molar-refractivity contribution in [2.24, 2.45) is 5.73 Å². The molecule has 0 aromatic heterocycles. The molecule has 0 bridgehead atoms. The van der Waals surface area contributed by atoms with E-state index in [2.05, 4.69) is 84.9 Å². The first-order chi connectivity index (χ1) is 10.8. The monoisotopic (exact) mass is 305 g/mol. The fraction of sp³-hybridized carbons (Fsp3) is 0.100. The maximum atomic E-state index is 6.49. The summed E-state index contributed by atoms with van der Waals surface area (Å²) >= 11 is 0. The molecule has 0 heterocycles. The average molecular weight is 305 g/mol. The van der Waals surface area contributed by atoms with Crippen LogP contribution in [0.1, 0.15) is 11.6 Å². The summed E-state index contributed by atoms with van der Waals surface area (Å²) in [6, 6.07) is 31.9. The molecule has 3 rings (SSSR count). The standard InChI is InChI=1S/C20H20NP/c21-20(17-10-4-1-5-11-17)16-22(18-12-6-2-7-13-18)19-14-8-3-9-15-19/h1-15,20H,16,21H2/t20-/m0/s1. The number of hydrogen-bond donors (Lipinski definition) is 1. The van der Waals surface area contributed by atoms with E-state index in [1.807, 2.05) is 6.07 Å². The second kappa shape index (κ2) is 7.35. The van der Waals surface area contributed by atoms with Gasteiger partial charge in [0.1, 0.15) is 0 Å². The Bertz CT molecular complexity index is 643. The van der Waals surface area contributed by atoms with Crippen molar-refractivity contribution in [2.45, 2.75) is 6.04 Å². The molecule has 1 nitrogen and oxygen atoms in total. The van der Waals surface area contributed by atoms with E-state index < -0.39 is 7.92 Å². The van der Waals surface area contributed by atoms with Gasteiger partial charge in [0.25, 0.3) is 0 Å². The quantitative estimate of drug-likeness (QED) is 0.713. The van der Waals surface area contributed by atoms with Crippen LogP contribution >= 0.6 is 7.92 Å². The summed E-state index contributed by atoms with van der Waals surface area (Å²) < 4.78 is 0. The third-order valence-electron chi connectivity index (χ3n) is 3.74. The van der Waals surface area contributed by atoms with Crippen LogP contribution in [-0.4, -0.2) is 6.16 Å². The molecule has 0 fully saturated rings. The van der Waals surface area contributed by atoms with Gasteiger partial charge in [-0.1, -0.05) is 91.0 Å². The summed E-state index contributed by atoms with van der Waals surface area (Å²) in [5.74, 6) is 0. The first-order valence-corrected chi connectivity index (χ1v) is 9.05. The lowest BCUT2D eigenvalue weighted by Crippen LogP contribution is -2.22. The predicted molar refractivity (Wildman–Crippen MR) is 97.3 cm³/mol. The molecule has 110 valence electrons. The molecule has 1 atom stereocenters. The van der Waals surface area contributed by atoms with Gasteiger partial charge in [0.2, 0.25) is 0 Å². The number of rotatable bonds is 5. The topological polar surface area (TPSA) is 26.0 Å². The van der Waals surface area contributed by atoms with Crippen molar-refractivity contribution in [1.29, 1.82) is 0 Å². The van der Waals surface area contributed by atoms with E-state index in [0.29, 0.717) is 0 Å². The molecule has 0 aliphatic rings. The maximum absolute atomic E-state index is 6.49. The zero-order valence-corrected chi connectivity index (χ0v) is 13.4. The Hall–Kier alpha value is -1.95. The molecule has 2 N–H and O–H groups in total. The summed E-state index contributed by atoms with van der Waals surface area (Å²) in [5, 5.41) is 2.77. The highest BCUT2D eigenvalue weighted by molar-refractivity contribution is 7.73. The fourth-order valence-corrected chi connectivity index (χ4v) is 4.97. The van der Waals surface area contributed by atoms with E-state index >= 15 is 0 Å². The van der Waals surface area contributed by atoms with Crippen molar-refractivity contribution in [3.63, 3.8) is 0 Å². The highest BCUT2D eigenvalue weighted by Gasteiger charge is 2.18. The van der Waals surface area contributed by atoms with E-state index in [1.165, 1.54) is 16.2 Å². The summed E-state index contributed by atoms with van der Waals surface area (Å²) in [6.45, 7) is 0. The van der Waals surface area contributed by atoms with Gasteiger partial charge < -0.3 is 5.73 Å². The van der Waals surface area contributed by atoms with Gasteiger partial charge in [-0.15, -0.1) is 0 Å². The summed E-state index contributed by atoms with van der Waals surface area (Å²) in [4.78, 5) is 0. The molecule has 0 amide bonds. The van der Waals surface area contributed by atoms with Gasteiger partial charge in [0, 0.05) is 6.04 Å². The largest absolute Gasteiger partial charge is 0.324 e. The Balaban J connectivity index is 1.90. The Morgan fingerprint density at radius 3 is 1.50 bits per heavy atom.